The summed E-state index contributed by atoms with van der Waals surface area (Å²) in [5.41, 5.74) is 2.68. The quantitative estimate of drug-likeness (QED) is 0.344. The zero-order valence-electron chi connectivity index (χ0n) is 11.2. The minimum Gasteiger partial charge on any atom is -0.350 e. The van der Waals surface area contributed by atoms with E-state index in [0.29, 0.717) is 23.1 Å². The maximum absolute atomic E-state index is 12.0. The maximum atomic E-state index is 12.0. The fourth-order valence-electron chi connectivity index (χ4n) is 1.33. The molecule has 0 saturated carbocycles. The first-order chi connectivity index (χ1) is 9.45. The van der Waals surface area contributed by atoms with Crippen LogP contribution in [0.1, 0.15) is 10.4 Å². The molecule has 1 heterocycles. The SMILES string of the molecule is CN(C)C(=O)NCCNC(=O)c1cc(Br)cnc1NN. The Morgan fingerprint density at radius 3 is 2.60 bits per heavy atom. The van der Waals surface area contributed by atoms with E-state index in [-0.39, 0.29) is 17.8 Å². The van der Waals surface area contributed by atoms with Gasteiger partial charge in [0.2, 0.25) is 0 Å². The van der Waals surface area contributed by atoms with Gasteiger partial charge in [-0.3, -0.25) is 4.79 Å². The van der Waals surface area contributed by atoms with Crippen molar-refractivity contribution in [3.63, 3.8) is 0 Å². The van der Waals surface area contributed by atoms with Crippen LogP contribution in [-0.2, 0) is 0 Å². The molecule has 110 valence electrons. The molecule has 0 bridgehead atoms. The molecular weight excluding hydrogens is 328 g/mol. The molecular formula is C11H17BrN6O2. The lowest BCUT2D eigenvalue weighted by atomic mass is 10.2. The van der Waals surface area contributed by atoms with Crippen molar-refractivity contribution in [1.82, 2.24) is 20.5 Å². The summed E-state index contributed by atoms with van der Waals surface area (Å²) in [7, 11) is 3.28. The maximum Gasteiger partial charge on any atom is 0.316 e. The number of anilines is 1. The van der Waals surface area contributed by atoms with Gasteiger partial charge in [-0.1, -0.05) is 0 Å². The van der Waals surface area contributed by atoms with Crippen LogP contribution in [0.3, 0.4) is 0 Å². The van der Waals surface area contributed by atoms with Crippen LogP contribution in [0.15, 0.2) is 16.7 Å². The summed E-state index contributed by atoms with van der Waals surface area (Å²) in [6, 6.07) is 1.39. The standard InChI is InChI=1S/C11H17BrN6O2/c1-18(2)11(20)15-4-3-14-10(19)8-5-7(12)6-16-9(8)17-13/h5-6H,3-4,13H2,1-2H3,(H,14,19)(H,15,20)(H,16,17). The summed E-state index contributed by atoms with van der Waals surface area (Å²) in [6.07, 6.45) is 1.53. The van der Waals surface area contributed by atoms with Crippen molar-refractivity contribution in [2.45, 2.75) is 0 Å². The third kappa shape index (κ3) is 4.67. The molecule has 0 atom stereocenters. The Bertz CT molecular complexity index is 494. The summed E-state index contributed by atoms with van der Waals surface area (Å²) in [6.45, 7) is 0.629. The Kier molecular flexibility index (Phi) is 6.19. The second-order valence-electron chi connectivity index (χ2n) is 4.08. The number of carbonyl (C=O) groups is 2. The average molecular weight is 345 g/mol. The van der Waals surface area contributed by atoms with Gasteiger partial charge in [0.25, 0.3) is 5.91 Å². The van der Waals surface area contributed by atoms with Crippen molar-refractivity contribution < 1.29 is 9.59 Å². The Morgan fingerprint density at radius 1 is 1.35 bits per heavy atom. The van der Waals surface area contributed by atoms with E-state index >= 15 is 0 Å². The van der Waals surface area contributed by atoms with Crippen LogP contribution in [0.25, 0.3) is 0 Å². The van der Waals surface area contributed by atoms with E-state index in [2.05, 4.69) is 37.0 Å². The first-order valence-electron chi connectivity index (χ1n) is 5.81. The number of hydrogen-bond acceptors (Lipinski definition) is 5. The molecule has 0 aliphatic carbocycles. The highest BCUT2D eigenvalue weighted by molar-refractivity contribution is 9.10. The number of nitrogen functional groups attached to an aromatic ring is 1. The number of carbonyl (C=O) groups excluding carboxylic acids is 2. The molecule has 0 unspecified atom stereocenters. The third-order valence-electron chi connectivity index (χ3n) is 2.33. The van der Waals surface area contributed by atoms with Crippen molar-refractivity contribution >= 4 is 33.7 Å². The summed E-state index contributed by atoms with van der Waals surface area (Å²) < 4.78 is 0.669. The molecule has 5 N–H and O–H groups in total. The lowest BCUT2D eigenvalue weighted by molar-refractivity contribution is 0.0954. The number of rotatable bonds is 5. The highest BCUT2D eigenvalue weighted by Gasteiger charge is 2.12. The first kappa shape index (κ1) is 16.2. The molecule has 20 heavy (non-hydrogen) atoms. The van der Waals surface area contributed by atoms with Crippen LogP contribution in [0.2, 0.25) is 0 Å². The van der Waals surface area contributed by atoms with Gasteiger partial charge in [0.15, 0.2) is 5.82 Å². The molecule has 1 rings (SSSR count). The lowest BCUT2D eigenvalue weighted by Gasteiger charge is -2.13. The van der Waals surface area contributed by atoms with Crippen LogP contribution < -0.4 is 21.9 Å². The van der Waals surface area contributed by atoms with Crippen molar-refractivity contribution in [2.24, 2.45) is 5.84 Å². The van der Waals surface area contributed by atoms with Crippen LogP contribution in [-0.4, -0.2) is 49.0 Å². The molecule has 0 spiro atoms. The van der Waals surface area contributed by atoms with Gasteiger partial charge in [0.1, 0.15) is 0 Å². The van der Waals surface area contributed by atoms with E-state index in [4.69, 9.17) is 5.84 Å². The summed E-state index contributed by atoms with van der Waals surface area (Å²) in [5, 5.41) is 5.30. The van der Waals surface area contributed by atoms with Crippen molar-refractivity contribution in [3.05, 3.63) is 22.3 Å². The molecule has 1 aromatic heterocycles. The summed E-state index contributed by atoms with van der Waals surface area (Å²) in [4.78, 5) is 28.6. The number of nitrogens with one attached hydrogen (secondary N) is 3. The number of nitrogens with zero attached hydrogens (tertiary/aromatic N) is 2. The molecule has 8 nitrogen and oxygen atoms in total. The summed E-state index contributed by atoms with van der Waals surface area (Å²) in [5.74, 6) is 5.25. The second-order valence-corrected chi connectivity index (χ2v) is 4.99. The molecule has 3 amide bonds. The predicted octanol–water partition coefficient (Wildman–Crippen LogP) is 0.131. The fourth-order valence-corrected chi connectivity index (χ4v) is 1.66. The van der Waals surface area contributed by atoms with Gasteiger partial charge >= 0.3 is 6.03 Å². The van der Waals surface area contributed by atoms with Gasteiger partial charge in [0, 0.05) is 37.9 Å². The summed E-state index contributed by atoms with van der Waals surface area (Å²) >= 11 is 3.24. The molecule has 1 aromatic rings. The second kappa shape index (κ2) is 7.65. The highest BCUT2D eigenvalue weighted by Crippen LogP contribution is 2.16. The van der Waals surface area contributed by atoms with Crippen LogP contribution in [0, 0.1) is 0 Å². The largest absolute Gasteiger partial charge is 0.350 e. The van der Waals surface area contributed by atoms with E-state index in [1.807, 2.05) is 0 Å². The lowest BCUT2D eigenvalue weighted by Crippen LogP contribution is -2.39. The van der Waals surface area contributed by atoms with Gasteiger partial charge in [-0.05, 0) is 22.0 Å². The van der Waals surface area contributed by atoms with Crippen molar-refractivity contribution in [3.8, 4) is 0 Å². The zero-order chi connectivity index (χ0) is 15.1. The number of urea groups is 1. The molecule has 0 fully saturated rings. The Morgan fingerprint density at radius 2 is 2.00 bits per heavy atom. The van der Waals surface area contributed by atoms with Gasteiger partial charge < -0.3 is 21.0 Å². The highest BCUT2D eigenvalue weighted by atomic mass is 79.9. The molecule has 0 saturated heterocycles. The number of pyridine rings is 1. The first-order valence-corrected chi connectivity index (χ1v) is 6.60. The number of hydrogen-bond donors (Lipinski definition) is 4. The van der Waals surface area contributed by atoms with E-state index in [9.17, 15) is 9.59 Å². The number of halogens is 1. The monoisotopic (exact) mass is 344 g/mol. The van der Waals surface area contributed by atoms with E-state index in [1.54, 1.807) is 20.2 Å². The minimum atomic E-state index is -0.328. The Labute approximate surface area is 125 Å². The molecule has 0 aromatic carbocycles. The molecule has 0 radical (unpaired) electrons. The number of aromatic nitrogens is 1. The number of nitrogens with two attached hydrogens (primary N) is 1. The molecule has 0 aliphatic heterocycles. The smallest absolute Gasteiger partial charge is 0.316 e. The number of hydrazine groups is 1. The van der Waals surface area contributed by atoms with Crippen LogP contribution in [0.5, 0.6) is 0 Å². The normalized spacial score (nSPS) is 9.80. The van der Waals surface area contributed by atoms with Gasteiger partial charge in [-0.15, -0.1) is 0 Å². The van der Waals surface area contributed by atoms with Crippen molar-refractivity contribution in [2.75, 3.05) is 32.6 Å². The zero-order valence-corrected chi connectivity index (χ0v) is 12.8. The topological polar surface area (TPSA) is 112 Å². The van der Waals surface area contributed by atoms with E-state index in [1.165, 1.54) is 11.1 Å². The number of amides is 3. The van der Waals surface area contributed by atoms with Crippen LogP contribution in [0.4, 0.5) is 10.6 Å². The Balaban J connectivity index is 2.51. The third-order valence-corrected chi connectivity index (χ3v) is 2.76. The van der Waals surface area contributed by atoms with Crippen molar-refractivity contribution in [1.29, 1.82) is 0 Å². The van der Waals surface area contributed by atoms with Gasteiger partial charge in [-0.25, -0.2) is 15.6 Å². The molecule has 9 heteroatoms. The minimum absolute atomic E-state index is 0.215. The van der Waals surface area contributed by atoms with E-state index in [0.717, 1.165) is 0 Å². The predicted molar refractivity (Wildman–Crippen MR) is 79.2 cm³/mol. The molecule has 0 aliphatic rings. The van der Waals surface area contributed by atoms with Crippen LogP contribution >= 0.6 is 15.9 Å². The Hall–Kier alpha value is -1.87. The van der Waals surface area contributed by atoms with Gasteiger partial charge in [0.05, 0.1) is 5.56 Å². The fraction of sp³-hybridized carbons (Fsp3) is 0.364. The average Bonchev–Trinajstić information content (AvgIpc) is 2.42. The van der Waals surface area contributed by atoms with Gasteiger partial charge in [-0.2, -0.15) is 0 Å². The van der Waals surface area contributed by atoms with E-state index < -0.39 is 0 Å².